The van der Waals surface area contributed by atoms with E-state index in [2.05, 4.69) is 20.3 Å². The Morgan fingerprint density at radius 2 is 1.74 bits per heavy atom. The largest absolute Gasteiger partial charge is 0.494 e. The fourth-order valence-electron chi connectivity index (χ4n) is 2.81. The summed E-state index contributed by atoms with van der Waals surface area (Å²) < 4.78 is 36.2. The molecular formula is C21H22F2N4O3S. The molecule has 0 fully saturated rings. The standard InChI is InChI=1S/C21H22F2N4O3S/c1-3-27-19(14-5-9-17(10-6-14)30-20(22)23)25-26-21(27)31-13-18(28)24-15-7-11-16(12-8-15)29-4-2/h5-12,20H,3-4,13H2,1-2H3,(H,24,28). The van der Waals surface area contributed by atoms with E-state index in [-0.39, 0.29) is 17.4 Å². The second kappa shape index (κ2) is 10.8. The first-order valence-electron chi connectivity index (χ1n) is 9.64. The van der Waals surface area contributed by atoms with Gasteiger partial charge in [-0.05, 0) is 62.4 Å². The van der Waals surface area contributed by atoms with Crippen molar-refractivity contribution in [2.75, 3.05) is 17.7 Å². The van der Waals surface area contributed by atoms with E-state index in [4.69, 9.17) is 4.74 Å². The summed E-state index contributed by atoms with van der Waals surface area (Å²) in [7, 11) is 0. The maximum absolute atomic E-state index is 12.3. The van der Waals surface area contributed by atoms with Crippen molar-refractivity contribution in [3.8, 4) is 22.9 Å². The smallest absolute Gasteiger partial charge is 0.387 e. The highest BCUT2D eigenvalue weighted by atomic mass is 32.2. The number of thioether (sulfide) groups is 1. The molecule has 0 aliphatic rings. The van der Waals surface area contributed by atoms with E-state index in [9.17, 15) is 13.6 Å². The van der Waals surface area contributed by atoms with Crippen LogP contribution < -0.4 is 14.8 Å². The molecule has 3 aromatic rings. The normalized spacial score (nSPS) is 10.9. The summed E-state index contributed by atoms with van der Waals surface area (Å²) in [6.45, 7) is 2.13. The minimum atomic E-state index is -2.87. The van der Waals surface area contributed by atoms with E-state index in [1.165, 1.54) is 23.9 Å². The summed E-state index contributed by atoms with van der Waals surface area (Å²) in [4.78, 5) is 12.3. The number of ether oxygens (including phenoxy) is 2. The van der Waals surface area contributed by atoms with Gasteiger partial charge in [0.05, 0.1) is 12.4 Å². The number of hydrogen-bond acceptors (Lipinski definition) is 6. The SMILES string of the molecule is CCOc1ccc(NC(=O)CSc2nnc(-c3ccc(OC(F)F)cc3)n2CC)cc1. The van der Waals surface area contributed by atoms with E-state index >= 15 is 0 Å². The highest BCUT2D eigenvalue weighted by Crippen LogP contribution is 2.26. The molecule has 2 aromatic carbocycles. The third-order valence-corrected chi connectivity index (χ3v) is 5.12. The Bertz CT molecular complexity index is 995. The third kappa shape index (κ3) is 6.17. The average molecular weight is 448 g/mol. The van der Waals surface area contributed by atoms with Gasteiger partial charge in [-0.25, -0.2) is 0 Å². The molecule has 0 unspecified atom stereocenters. The quantitative estimate of drug-likeness (QED) is 0.453. The fraction of sp³-hybridized carbons (Fsp3) is 0.286. The number of halogens is 2. The van der Waals surface area contributed by atoms with Crippen molar-refractivity contribution in [1.82, 2.24) is 14.8 Å². The van der Waals surface area contributed by atoms with E-state index in [1.807, 2.05) is 18.4 Å². The second-order valence-electron chi connectivity index (χ2n) is 6.25. The Balaban J connectivity index is 1.62. The molecule has 3 rings (SSSR count). The number of nitrogens with zero attached hydrogens (tertiary/aromatic N) is 3. The molecule has 10 heteroatoms. The number of anilines is 1. The van der Waals surface area contributed by atoms with Crippen molar-refractivity contribution >= 4 is 23.4 Å². The van der Waals surface area contributed by atoms with E-state index in [0.717, 1.165) is 5.75 Å². The predicted octanol–water partition coefficient (Wildman–Crippen LogP) is 4.70. The number of hydrogen-bond donors (Lipinski definition) is 1. The monoisotopic (exact) mass is 448 g/mol. The Kier molecular flexibility index (Phi) is 7.82. The topological polar surface area (TPSA) is 78.3 Å². The van der Waals surface area contributed by atoms with Gasteiger partial charge < -0.3 is 19.4 Å². The zero-order valence-corrected chi connectivity index (χ0v) is 17.9. The van der Waals surface area contributed by atoms with Crippen LogP contribution in [0, 0.1) is 0 Å². The maximum atomic E-state index is 12.3. The number of nitrogens with one attached hydrogen (secondary N) is 1. The van der Waals surface area contributed by atoms with E-state index in [0.29, 0.717) is 35.4 Å². The first-order valence-corrected chi connectivity index (χ1v) is 10.6. The van der Waals surface area contributed by atoms with Crippen molar-refractivity contribution in [1.29, 1.82) is 0 Å². The zero-order valence-electron chi connectivity index (χ0n) is 17.0. The first-order chi connectivity index (χ1) is 15.0. The Hall–Kier alpha value is -3.14. The molecule has 0 bridgehead atoms. The fourth-order valence-corrected chi connectivity index (χ4v) is 3.61. The summed E-state index contributed by atoms with van der Waals surface area (Å²) in [5, 5.41) is 11.8. The Morgan fingerprint density at radius 3 is 2.35 bits per heavy atom. The number of carbonyl (C=O) groups excluding carboxylic acids is 1. The van der Waals surface area contributed by atoms with Gasteiger partial charge in [-0.15, -0.1) is 10.2 Å². The molecule has 164 valence electrons. The van der Waals surface area contributed by atoms with Crippen molar-refractivity contribution in [3.63, 3.8) is 0 Å². The zero-order chi connectivity index (χ0) is 22.2. The molecule has 7 nitrogen and oxygen atoms in total. The highest BCUT2D eigenvalue weighted by molar-refractivity contribution is 7.99. The third-order valence-electron chi connectivity index (χ3n) is 4.15. The van der Waals surface area contributed by atoms with Crippen LogP contribution in [-0.4, -0.2) is 39.6 Å². The molecular weight excluding hydrogens is 426 g/mol. The molecule has 0 saturated heterocycles. The molecule has 0 spiro atoms. The Morgan fingerprint density at radius 1 is 1.06 bits per heavy atom. The van der Waals surface area contributed by atoms with E-state index in [1.54, 1.807) is 36.4 Å². The van der Waals surface area contributed by atoms with Crippen molar-refractivity contribution in [3.05, 3.63) is 48.5 Å². The number of rotatable bonds is 10. The molecule has 31 heavy (non-hydrogen) atoms. The van der Waals surface area contributed by atoms with Crippen LogP contribution in [0.2, 0.25) is 0 Å². The number of amides is 1. The van der Waals surface area contributed by atoms with Gasteiger partial charge in [-0.3, -0.25) is 4.79 Å². The second-order valence-corrected chi connectivity index (χ2v) is 7.19. The molecule has 1 aromatic heterocycles. The van der Waals surface area contributed by atoms with Crippen LogP contribution in [0.25, 0.3) is 11.4 Å². The van der Waals surface area contributed by atoms with Gasteiger partial charge in [0.25, 0.3) is 0 Å². The van der Waals surface area contributed by atoms with E-state index < -0.39 is 6.61 Å². The van der Waals surface area contributed by atoms with Gasteiger partial charge in [0, 0.05) is 17.8 Å². The minimum Gasteiger partial charge on any atom is -0.494 e. The molecule has 1 heterocycles. The Labute approximate surface area is 182 Å². The average Bonchev–Trinajstić information content (AvgIpc) is 3.17. The predicted molar refractivity (Wildman–Crippen MR) is 115 cm³/mol. The first kappa shape index (κ1) is 22.5. The lowest BCUT2D eigenvalue weighted by atomic mass is 10.2. The molecule has 0 aliphatic heterocycles. The van der Waals surface area contributed by atoms with Crippen LogP contribution in [0.3, 0.4) is 0 Å². The van der Waals surface area contributed by atoms with Crippen LogP contribution in [0.15, 0.2) is 53.7 Å². The molecule has 0 aliphatic carbocycles. The number of carbonyl (C=O) groups is 1. The summed E-state index contributed by atoms with van der Waals surface area (Å²) in [6, 6.07) is 13.3. The van der Waals surface area contributed by atoms with Gasteiger partial charge in [0.2, 0.25) is 5.91 Å². The lowest BCUT2D eigenvalue weighted by molar-refractivity contribution is -0.113. The van der Waals surface area contributed by atoms with Crippen LogP contribution in [0.1, 0.15) is 13.8 Å². The lowest BCUT2D eigenvalue weighted by Gasteiger charge is -2.09. The molecule has 0 atom stereocenters. The molecule has 1 amide bonds. The summed E-state index contributed by atoms with van der Waals surface area (Å²) in [6.07, 6.45) is 0. The van der Waals surface area contributed by atoms with Gasteiger partial charge >= 0.3 is 6.61 Å². The van der Waals surface area contributed by atoms with Crippen molar-refractivity contribution < 1.29 is 23.0 Å². The van der Waals surface area contributed by atoms with Crippen molar-refractivity contribution in [2.45, 2.75) is 32.2 Å². The summed E-state index contributed by atoms with van der Waals surface area (Å²) >= 11 is 1.27. The molecule has 0 radical (unpaired) electrons. The van der Waals surface area contributed by atoms with Crippen LogP contribution >= 0.6 is 11.8 Å². The molecule has 0 saturated carbocycles. The number of alkyl halides is 2. The van der Waals surface area contributed by atoms with Crippen molar-refractivity contribution in [2.24, 2.45) is 0 Å². The van der Waals surface area contributed by atoms with Gasteiger partial charge in [0.15, 0.2) is 11.0 Å². The minimum absolute atomic E-state index is 0.0712. The highest BCUT2D eigenvalue weighted by Gasteiger charge is 2.15. The van der Waals surface area contributed by atoms with Crippen LogP contribution in [-0.2, 0) is 11.3 Å². The lowest BCUT2D eigenvalue weighted by Crippen LogP contribution is -2.14. The molecule has 1 N–H and O–H groups in total. The van der Waals surface area contributed by atoms with Gasteiger partial charge in [-0.2, -0.15) is 8.78 Å². The van der Waals surface area contributed by atoms with Gasteiger partial charge in [-0.1, -0.05) is 11.8 Å². The summed E-state index contributed by atoms with van der Waals surface area (Å²) in [5.74, 6) is 1.39. The van der Waals surface area contributed by atoms with Crippen LogP contribution in [0.5, 0.6) is 11.5 Å². The van der Waals surface area contributed by atoms with Crippen LogP contribution in [0.4, 0.5) is 14.5 Å². The number of aromatic nitrogens is 3. The maximum Gasteiger partial charge on any atom is 0.387 e. The summed E-state index contributed by atoms with van der Waals surface area (Å²) in [5.41, 5.74) is 1.39. The number of benzene rings is 2. The van der Waals surface area contributed by atoms with Gasteiger partial charge in [0.1, 0.15) is 11.5 Å².